The predicted molar refractivity (Wildman–Crippen MR) is 110 cm³/mol. The third-order valence-corrected chi connectivity index (χ3v) is 5.11. The van der Waals surface area contributed by atoms with Crippen LogP contribution in [0.15, 0.2) is 67.0 Å². The number of amides is 1. The van der Waals surface area contributed by atoms with Crippen molar-refractivity contribution in [1.29, 1.82) is 0 Å². The maximum Gasteiger partial charge on any atom is 0.220 e. The monoisotopic (exact) mass is 372 g/mol. The molecule has 0 spiro atoms. The van der Waals surface area contributed by atoms with Crippen molar-refractivity contribution in [2.45, 2.75) is 32.3 Å². The van der Waals surface area contributed by atoms with Gasteiger partial charge in [0.2, 0.25) is 5.91 Å². The summed E-state index contributed by atoms with van der Waals surface area (Å²) in [5, 5.41) is 3.03. The average molecular weight is 372 g/mol. The maximum absolute atomic E-state index is 12.2. The third-order valence-electron chi connectivity index (χ3n) is 5.11. The Hall–Kier alpha value is -3.14. The van der Waals surface area contributed by atoms with Crippen LogP contribution in [0.1, 0.15) is 23.1 Å². The molecule has 1 atom stereocenters. The Labute approximate surface area is 165 Å². The van der Waals surface area contributed by atoms with Crippen molar-refractivity contribution in [2.24, 2.45) is 0 Å². The van der Waals surface area contributed by atoms with Crippen LogP contribution in [-0.2, 0) is 17.6 Å². The summed E-state index contributed by atoms with van der Waals surface area (Å²) < 4.78 is 6.18. The van der Waals surface area contributed by atoms with E-state index in [-0.39, 0.29) is 12.0 Å². The number of hydrogen-bond donors (Lipinski definition) is 1. The number of carbonyl (C=O) groups is 1. The smallest absolute Gasteiger partial charge is 0.220 e. The first-order chi connectivity index (χ1) is 13.7. The van der Waals surface area contributed by atoms with Crippen LogP contribution in [-0.4, -0.2) is 23.5 Å². The highest BCUT2D eigenvalue weighted by atomic mass is 16.5. The number of aromatic nitrogens is 1. The van der Waals surface area contributed by atoms with Gasteiger partial charge in [-0.2, -0.15) is 0 Å². The molecule has 0 radical (unpaired) electrons. The zero-order chi connectivity index (χ0) is 19.3. The molecule has 0 unspecified atom stereocenters. The van der Waals surface area contributed by atoms with Crippen LogP contribution < -0.4 is 10.1 Å². The molecule has 142 valence electrons. The van der Waals surface area contributed by atoms with E-state index < -0.39 is 0 Å². The molecule has 2 heterocycles. The number of para-hydroxylation sites is 1. The predicted octanol–water partition coefficient (Wildman–Crippen LogP) is 4.11. The van der Waals surface area contributed by atoms with Crippen LogP contribution in [0.5, 0.6) is 5.75 Å². The van der Waals surface area contributed by atoms with Crippen molar-refractivity contribution in [3.05, 3.63) is 83.7 Å². The van der Waals surface area contributed by atoms with E-state index in [9.17, 15) is 4.79 Å². The molecule has 0 aliphatic carbocycles. The molecule has 3 aromatic rings. The lowest BCUT2D eigenvalue weighted by Crippen LogP contribution is -2.34. The topological polar surface area (TPSA) is 51.2 Å². The quantitative estimate of drug-likeness (QED) is 0.708. The summed E-state index contributed by atoms with van der Waals surface area (Å²) in [4.78, 5) is 16.3. The third kappa shape index (κ3) is 4.22. The van der Waals surface area contributed by atoms with E-state index in [1.165, 1.54) is 16.7 Å². The summed E-state index contributed by atoms with van der Waals surface area (Å²) in [5.74, 6) is 0.988. The molecule has 4 heteroatoms. The molecule has 1 N–H and O–H groups in total. The normalized spacial score (nSPS) is 15.0. The number of pyridine rings is 1. The Balaban J connectivity index is 1.32. The fourth-order valence-corrected chi connectivity index (χ4v) is 3.54. The largest absolute Gasteiger partial charge is 0.487 e. The van der Waals surface area contributed by atoms with Crippen molar-refractivity contribution in [3.8, 4) is 16.9 Å². The molecule has 2 aromatic carbocycles. The number of aryl methyl sites for hydroxylation is 2. The summed E-state index contributed by atoms with van der Waals surface area (Å²) in [5.41, 5.74) is 5.78. The molecule has 0 saturated carbocycles. The summed E-state index contributed by atoms with van der Waals surface area (Å²) in [6.45, 7) is 2.59. The molecule has 4 nitrogen and oxygen atoms in total. The van der Waals surface area contributed by atoms with Gasteiger partial charge in [0.05, 0.1) is 6.54 Å². The SMILES string of the molecule is Cc1ccc(CCC(=O)NC[C@@H]2Cc3cccc(-c4ccncc4)c3O2)cc1. The molecule has 1 amide bonds. The Bertz CT molecular complexity index is 952. The molecule has 4 rings (SSSR count). The zero-order valence-electron chi connectivity index (χ0n) is 16.0. The van der Waals surface area contributed by atoms with Gasteiger partial charge >= 0.3 is 0 Å². The molecule has 0 fully saturated rings. The van der Waals surface area contributed by atoms with Crippen LogP contribution in [0.2, 0.25) is 0 Å². The van der Waals surface area contributed by atoms with Gasteiger partial charge in [0.1, 0.15) is 11.9 Å². The highest BCUT2D eigenvalue weighted by molar-refractivity contribution is 5.76. The molecule has 1 aliphatic heterocycles. The highest BCUT2D eigenvalue weighted by Crippen LogP contribution is 2.38. The van der Waals surface area contributed by atoms with Gasteiger partial charge in [-0.1, -0.05) is 48.0 Å². The fraction of sp³-hybridized carbons (Fsp3) is 0.250. The van der Waals surface area contributed by atoms with Gasteiger partial charge in [-0.3, -0.25) is 9.78 Å². The van der Waals surface area contributed by atoms with Crippen LogP contribution in [0.3, 0.4) is 0 Å². The van der Waals surface area contributed by atoms with Crippen molar-refractivity contribution in [2.75, 3.05) is 6.54 Å². The average Bonchev–Trinajstić information content (AvgIpc) is 3.15. The van der Waals surface area contributed by atoms with Crippen molar-refractivity contribution in [1.82, 2.24) is 10.3 Å². The van der Waals surface area contributed by atoms with E-state index in [4.69, 9.17) is 4.74 Å². The second-order valence-corrected chi connectivity index (χ2v) is 7.26. The van der Waals surface area contributed by atoms with Crippen LogP contribution >= 0.6 is 0 Å². The lowest BCUT2D eigenvalue weighted by Gasteiger charge is -2.13. The van der Waals surface area contributed by atoms with Crippen molar-refractivity contribution in [3.63, 3.8) is 0 Å². The molecular formula is C24H24N2O2. The number of benzene rings is 2. The molecule has 28 heavy (non-hydrogen) atoms. The Morgan fingerprint density at radius 2 is 1.89 bits per heavy atom. The number of ether oxygens (including phenoxy) is 1. The Morgan fingerprint density at radius 1 is 1.11 bits per heavy atom. The first kappa shape index (κ1) is 18.2. The van der Waals surface area contributed by atoms with Gasteiger partial charge in [-0.15, -0.1) is 0 Å². The summed E-state index contributed by atoms with van der Waals surface area (Å²) >= 11 is 0. The Kier molecular flexibility index (Phi) is 5.38. The van der Waals surface area contributed by atoms with Gasteiger partial charge in [0.25, 0.3) is 0 Å². The summed E-state index contributed by atoms with van der Waals surface area (Å²) in [6, 6.07) is 18.5. The molecule has 1 aliphatic rings. The van der Waals surface area contributed by atoms with Gasteiger partial charge in [-0.05, 0) is 42.2 Å². The zero-order valence-corrected chi connectivity index (χ0v) is 16.0. The minimum atomic E-state index is -0.0266. The first-order valence-electron chi connectivity index (χ1n) is 9.70. The van der Waals surface area contributed by atoms with Gasteiger partial charge in [0.15, 0.2) is 0 Å². The Morgan fingerprint density at radius 3 is 2.68 bits per heavy atom. The van der Waals surface area contributed by atoms with E-state index in [0.29, 0.717) is 13.0 Å². The van der Waals surface area contributed by atoms with Crippen LogP contribution in [0.25, 0.3) is 11.1 Å². The van der Waals surface area contributed by atoms with Crippen molar-refractivity contribution < 1.29 is 9.53 Å². The lowest BCUT2D eigenvalue weighted by atomic mass is 10.0. The minimum absolute atomic E-state index is 0.0266. The minimum Gasteiger partial charge on any atom is -0.487 e. The molecule has 1 aromatic heterocycles. The molecule has 0 saturated heterocycles. The number of fused-ring (bicyclic) bond motifs is 1. The second-order valence-electron chi connectivity index (χ2n) is 7.26. The fourth-order valence-electron chi connectivity index (χ4n) is 3.54. The van der Waals surface area contributed by atoms with E-state index in [1.54, 1.807) is 12.4 Å². The second kappa shape index (κ2) is 8.26. The van der Waals surface area contributed by atoms with Crippen molar-refractivity contribution >= 4 is 5.91 Å². The number of nitrogens with one attached hydrogen (secondary N) is 1. The molecular weight excluding hydrogens is 348 g/mol. The summed E-state index contributed by atoms with van der Waals surface area (Å²) in [7, 11) is 0. The number of carbonyl (C=O) groups excluding carboxylic acids is 1. The van der Waals surface area contributed by atoms with Gasteiger partial charge < -0.3 is 10.1 Å². The maximum atomic E-state index is 12.2. The van der Waals surface area contributed by atoms with E-state index in [0.717, 1.165) is 29.7 Å². The molecule has 0 bridgehead atoms. The summed E-state index contributed by atoms with van der Waals surface area (Å²) in [6.07, 6.45) is 5.60. The van der Waals surface area contributed by atoms with Crippen LogP contribution in [0.4, 0.5) is 0 Å². The van der Waals surface area contributed by atoms with Gasteiger partial charge in [0, 0.05) is 30.8 Å². The lowest BCUT2D eigenvalue weighted by molar-refractivity contribution is -0.121. The van der Waals surface area contributed by atoms with Crippen LogP contribution in [0, 0.1) is 6.92 Å². The van der Waals surface area contributed by atoms with Gasteiger partial charge in [-0.25, -0.2) is 0 Å². The van der Waals surface area contributed by atoms with E-state index in [1.807, 2.05) is 12.1 Å². The van der Waals surface area contributed by atoms with E-state index >= 15 is 0 Å². The van der Waals surface area contributed by atoms with E-state index in [2.05, 4.69) is 59.7 Å². The number of nitrogens with zero attached hydrogens (tertiary/aromatic N) is 1. The first-order valence-corrected chi connectivity index (χ1v) is 9.70. The highest BCUT2D eigenvalue weighted by Gasteiger charge is 2.25. The standard InChI is InChI=1S/C24H24N2O2/c1-17-5-7-18(8-6-17)9-10-23(27)26-16-21-15-20-3-2-4-22(24(20)28-21)19-11-13-25-14-12-19/h2-8,11-14,21H,9-10,15-16H2,1H3,(H,26,27)/t21-/m0/s1. The number of hydrogen-bond acceptors (Lipinski definition) is 3. The number of rotatable bonds is 6.